The van der Waals surface area contributed by atoms with Crippen molar-refractivity contribution in [3.63, 3.8) is 0 Å². The minimum atomic E-state index is -3.40. The molecule has 3 rings (SSSR count). The topological polar surface area (TPSA) is 37.4 Å². The molecular formula is C16H22ClNO2S. The molecule has 0 aromatic heterocycles. The molecule has 5 heteroatoms. The smallest absolute Gasteiger partial charge is 0.207 e. The molecule has 0 unspecified atom stereocenters. The lowest BCUT2D eigenvalue weighted by Gasteiger charge is -2.23. The summed E-state index contributed by atoms with van der Waals surface area (Å²) >= 11 is 5.91. The van der Waals surface area contributed by atoms with Crippen LogP contribution in [0, 0.1) is 18.8 Å². The number of sulfonamides is 1. The highest BCUT2D eigenvalue weighted by molar-refractivity contribution is 7.89. The van der Waals surface area contributed by atoms with E-state index in [2.05, 4.69) is 0 Å². The van der Waals surface area contributed by atoms with Crippen LogP contribution in [-0.4, -0.2) is 25.8 Å². The van der Waals surface area contributed by atoms with Gasteiger partial charge in [-0.05, 0) is 61.6 Å². The standard InChI is InChI=1S/C16H22ClNO2S/c1-12-15(9-17)3-2-4-16(12)21(19,20)18(10-13-5-6-13)11-14-7-8-14/h2-4,13-14H,5-11H2,1H3. The lowest BCUT2D eigenvalue weighted by Crippen LogP contribution is -2.35. The predicted octanol–water partition coefficient (Wildman–Crippen LogP) is 3.54. The maximum Gasteiger partial charge on any atom is 0.243 e. The average Bonchev–Trinajstić information content (AvgIpc) is 3.33. The van der Waals surface area contributed by atoms with Crippen LogP contribution in [0.5, 0.6) is 0 Å². The van der Waals surface area contributed by atoms with Crippen molar-refractivity contribution in [3.05, 3.63) is 29.3 Å². The number of halogens is 1. The molecule has 0 bridgehead atoms. The van der Waals surface area contributed by atoms with Gasteiger partial charge in [-0.1, -0.05) is 12.1 Å². The van der Waals surface area contributed by atoms with Crippen LogP contribution >= 0.6 is 11.6 Å². The molecule has 0 atom stereocenters. The van der Waals surface area contributed by atoms with E-state index < -0.39 is 10.0 Å². The summed E-state index contributed by atoms with van der Waals surface area (Å²) in [6.45, 7) is 3.23. The van der Waals surface area contributed by atoms with Gasteiger partial charge >= 0.3 is 0 Å². The Morgan fingerprint density at radius 3 is 2.19 bits per heavy atom. The molecule has 1 aromatic carbocycles. The monoisotopic (exact) mass is 327 g/mol. The summed E-state index contributed by atoms with van der Waals surface area (Å²) < 4.78 is 27.8. The summed E-state index contributed by atoms with van der Waals surface area (Å²) in [6, 6.07) is 5.41. The van der Waals surface area contributed by atoms with Crippen molar-refractivity contribution in [1.82, 2.24) is 4.31 Å². The number of nitrogens with zero attached hydrogens (tertiary/aromatic N) is 1. The van der Waals surface area contributed by atoms with Gasteiger partial charge in [0, 0.05) is 19.0 Å². The Morgan fingerprint density at radius 2 is 1.71 bits per heavy atom. The van der Waals surface area contributed by atoms with Crippen LogP contribution in [0.15, 0.2) is 23.1 Å². The van der Waals surface area contributed by atoms with Gasteiger partial charge in [0.05, 0.1) is 4.90 Å². The molecule has 21 heavy (non-hydrogen) atoms. The van der Waals surface area contributed by atoms with Gasteiger partial charge in [0.1, 0.15) is 0 Å². The van der Waals surface area contributed by atoms with E-state index >= 15 is 0 Å². The van der Waals surface area contributed by atoms with Crippen LogP contribution in [0.25, 0.3) is 0 Å². The van der Waals surface area contributed by atoms with Crippen molar-refractivity contribution < 1.29 is 8.42 Å². The first-order valence-electron chi connectivity index (χ1n) is 7.67. The summed E-state index contributed by atoms with van der Waals surface area (Å²) in [5.41, 5.74) is 1.69. The van der Waals surface area contributed by atoms with E-state index in [0.717, 1.165) is 36.8 Å². The maximum atomic E-state index is 13.0. The Labute approximate surface area is 132 Å². The molecule has 0 amide bonds. The summed E-state index contributed by atoms with van der Waals surface area (Å²) in [5.74, 6) is 1.48. The molecule has 116 valence electrons. The van der Waals surface area contributed by atoms with Gasteiger partial charge in [-0.2, -0.15) is 4.31 Å². The minimum absolute atomic E-state index is 0.348. The van der Waals surface area contributed by atoms with Crippen molar-refractivity contribution in [1.29, 1.82) is 0 Å². The zero-order valence-electron chi connectivity index (χ0n) is 12.4. The van der Waals surface area contributed by atoms with E-state index in [1.165, 1.54) is 0 Å². The zero-order valence-corrected chi connectivity index (χ0v) is 14.0. The Bertz CT molecular complexity index is 607. The van der Waals surface area contributed by atoms with E-state index in [1.807, 2.05) is 13.0 Å². The SMILES string of the molecule is Cc1c(CCl)cccc1S(=O)(=O)N(CC1CC1)CC1CC1. The molecule has 2 aliphatic rings. The van der Waals surface area contributed by atoms with E-state index in [4.69, 9.17) is 11.6 Å². The second-order valence-corrected chi connectivity index (χ2v) is 8.56. The van der Waals surface area contributed by atoms with Gasteiger partial charge in [-0.3, -0.25) is 0 Å². The quantitative estimate of drug-likeness (QED) is 0.718. The number of hydrogen-bond donors (Lipinski definition) is 0. The predicted molar refractivity (Wildman–Crippen MR) is 84.9 cm³/mol. The van der Waals surface area contributed by atoms with Crippen molar-refractivity contribution in [2.45, 2.75) is 43.4 Å². The van der Waals surface area contributed by atoms with Crippen LogP contribution in [0.2, 0.25) is 0 Å². The number of benzene rings is 1. The Morgan fingerprint density at radius 1 is 1.14 bits per heavy atom. The molecule has 1 aromatic rings. The van der Waals surface area contributed by atoms with Crippen molar-refractivity contribution in [3.8, 4) is 0 Å². The van der Waals surface area contributed by atoms with Crippen molar-refractivity contribution in [2.75, 3.05) is 13.1 Å². The Hall–Kier alpha value is -0.580. The molecule has 0 heterocycles. The number of alkyl halides is 1. The third kappa shape index (κ3) is 3.43. The summed E-state index contributed by atoms with van der Waals surface area (Å²) in [6.07, 6.45) is 4.66. The second kappa shape index (κ2) is 5.90. The highest BCUT2D eigenvalue weighted by Gasteiger charge is 2.36. The second-order valence-electron chi connectivity index (χ2n) is 6.38. The molecule has 0 aliphatic heterocycles. The fourth-order valence-electron chi connectivity index (χ4n) is 2.67. The fourth-order valence-corrected chi connectivity index (χ4v) is 4.82. The van der Waals surface area contributed by atoms with E-state index in [1.54, 1.807) is 16.4 Å². The molecule has 0 spiro atoms. The summed E-state index contributed by atoms with van der Waals surface area (Å²) in [5, 5.41) is 0. The third-order valence-electron chi connectivity index (χ3n) is 4.48. The van der Waals surface area contributed by atoms with Gasteiger partial charge in [-0.25, -0.2) is 8.42 Å². The van der Waals surface area contributed by atoms with Crippen LogP contribution in [0.4, 0.5) is 0 Å². The lowest BCUT2D eigenvalue weighted by atomic mass is 10.1. The van der Waals surface area contributed by atoms with Crippen LogP contribution < -0.4 is 0 Å². The third-order valence-corrected chi connectivity index (χ3v) is 6.74. The average molecular weight is 328 g/mol. The first-order valence-corrected chi connectivity index (χ1v) is 9.64. The van der Waals surface area contributed by atoms with E-state index in [0.29, 0.717) is 35.7 Å². The largest absolute Gasteiger partial charge is 0.243 e. The Kier molecular flexibility index (Phi) is 4.30. The van der Waals surface area contributed by atoms with Gasteiger partial charge < -0.3 is 0 Å². The van der Waals surface area contributed by atoms with Crippen LogP contribution in [0.1, 0.15) is 36.8 Å². The molecule has 0 N–H and O–H groups in total. The van der Waals surface area contributed by atoms with Gasteiger partial charge in [0.15, 0.2) is 0 Å². The number of hydrogen-bond acceptors (Lipinski definition) is 2. The Balaban J connectivity index is 1.91. The summed E-state index contributed by atoms with van der Waals surface area (Å²) in [7, 11) is -3.40. The van der Waals surface area contributed by atoms with E-state index in [9.17, 15) is 8.42 Å². The van der Waals surface area contributed by atoms with Crippen LogP contribution in [0.3, 0.4) is 0 Å². The molecule has 0 radical (unpaired) electrons. The molecule has 0 saturated heterocycles. The minimum Gasteiger partial charge on any atom is -0.207 e. The lowest BCUT2D eigenvalue weighted by molar-refractivity contribution is 0.382. The highest BCUT2D eigenvalue weighted by Crippen LogP contribution is 2.36. The van der Waals surface area contributed by atoms with Crippen LogP contribution in [-0.2, 0) is 15.9 Å². The first kappa shape index (κ1) is 15.3. The van der Waals surface area contributed by atoms with Gasteiger partial charge in [0.25, 0.3) is 0 Å². The fraction of sp³-hybridized carbons (Fsp3) is 0.625. The highest BCUT2D eigenvalue weighted by atomic mass is 35.5. The van der Waals surface area contributed by atoms with Gasteiger partial charge in [-0.15, -0.1) is 11.6 Å². The summed E-state index contributed by atoms with van der Waals surface area (Å²) in [4.78, 5) is 0.432. The number of rotatable bonds is 7. The molecular weight excluding hydrogens is 306 g/mol. The first-order chi connectivity index (χ1) is 10.0. The maximum absolute atomic E-state index is 13.0. The van der Waals surface area contributed by atoms with Crippen molar-refractivity contribution in [2.24, 2.45) is 11.8 Å². The molecule has 2 aliphatic carbocycles. The molecule has 2 saturated carbocycles. The normalized spacial score (nSPS) is 19.2. The van der Waals surface area contributed by atoms with E-state index in [-0.39, 0.29) is 0 Å². The molecule has 2 fully saturated rings. The molecule has 3 nitrogen and oxygen atoms in total. The zero-order chi connectivity index (χ0) is 15.0. The van der Waals surface area contributed by atoms with Gasteiger partial charge in [0.2, 0.25) is 10.0 Å². The van der Waals surface area contributed by atoms with Crippen molar-refractivity contribution >= 4 is 21.6 Å².